The Morgan fingerprint density at radius 3 is 2.47 bits per heavy atom. The molecule has 0 radical (unpaired) electrons. The predicted molar refractivity (Wildman–Crippen MR) is 123 cm³/mol. The molecule has 6 nitrogen and oxygen atoms in total. The van der Waals surface area contributed by atoms with E-state index in [1.165, 1.54) is 4.90 Å². The van der Waals surface area contributed by atoms with Crippen LogP contribution in [0.2, 0.25) is 5.02 Å². The van der Waals surface area contributed by atoms with E-state index in [1.54, 1.807) is 25.3 Å². The maximum absolute atomic E-state index is 12.7. The van der Waals surface area contributed by atoms with Crippen LogP contribution in [0.3, 0.4) is 0 Å². The van der Waals surface area contributed by atoms with Crippen molar-refractivity contribution < 1.29 is 14.3 Å². The number of anilines is 1. The van der Waals surface area contributed by atoms with Crippen molar-refractivity contribution in [2.24, 2.45) is 5.10 Å². The van der Waals surface area contributed by atoms with Crippen molar-refractivity contribution >= 4 is 34.7 Å². The number of rotatable bonds is 5. The van der Waals surface area contributed by atoms with E-state index in [9.17, 15) is 9.59 Å². The molecule has 0 N–H and O–H groups in total. The number of halogens is 1. The maximum atomic E-state index is 12.7. The highest BCUT2D eigenvalue weighted by Crippen LogP contribution is 2.38. The topological polar surface area (TPSA) is 62.2 Å². The van der Waals surface area contributed by atoms with Gasteiger partial charge >= 0.3 is 5.91 Å². The third-order valence-corrected chi connectivity index (χ3v) is 6.19. The first-order chi connectivity index (χ1) is 15.6. The molecule has 2 heterocycles. The van der Waals surface area contributed by atoms with Gasteiger partial charge in [-0.1, -0.05) is 41.9 Å². The molecule has 0 fully saturated rings. The van der Waals surface area contributed by atoms with Crippen LogP contribution in [-0.4, -0.2) is 36.2 Å². The Morgan fingerprint density at radius 1 is 1.00 bits per heavy atom. The lowest BCUT2D eigenvalue weighted by Crippen LogP contribution is -2.39. The van der Waals surface area contributed by atoms with Crippen LogP contribution in [0.15, 0.2) is 77.9 Å². The number of hydrazone groups is 1. The summed E-state index contributed by atoms with van der Waals surface area (Å²) in [6.45, 7) is 0.150. The molecule has 2 aliphatic heterocycles. The number of para-hydroxylation sites is 1. The van der Waals surface area contributed by atoms with Crippen molar-refractivity contribution in [3.8, 4) is 5.75 Å². The monoisotopic (exact) mass is 445 g/mol. The summed E-state index contributed by atoms with van der Waals surface area (Å²) in [6.07, 6.45) is 0.619. The summed E-state index contributed by atoms with van der Waals surface area (Å²) in [7, 11) is 1.63. The molecule has 3 aromatic rings. The molecule has 1 amide bonds. The fourth-order valence-electron chi connectivity index (χ4n) is 4.19. The molecule has 32 heavy (non-hydrogen) atoms. The minimum Gasteiger partial charge on any atom is -0.497 e. The zero-order valence-electron chi connectivity index (χ0n) is 17.4. The SMILES string of the molecule is COc1ccc(C2=NN(CN3C(=O)C(=O)c4ccccc43)[C@@H](c3ccccc3Cl)C2)cc1. The zero-order valence-corrected chi connectivity index (χ0v) is 18.1. The first kappa shape index (κ1) is 20.3. The Kier molecular flexibility index (Phi) is 5.15. The second-order valence-electron chi connectivity index (χ2n) is 7.68. The lowest BCUT2D eigenvalue weighted by atomic mass is 9.98. The smallest absolute Gasteiger partial charge is 0.301 e. The maximum Gasteiger partial charge on any atom is 0.301 e. The summed E-state index contributed by atoms with van der Waals surface area (Å²) in [5.74, 6) is -0.268. The molecule has 1 atom stereocenters. The Balaban J connectivity index is 1.52. The highest BCUT2D eigenvalue weighted by Gasteiger charge is 2.39. The van der Waals surface area contributed by atoms with Gasteiger partial charge in [-0.15, -0.1) is 0 Å². The van der Waals surface area contributed by atoms with E-state index < -0.39 is 11.7 Å². The molecular formula is C25H20ClN3O3. The van der Waals surface area contributed by atoms with Gasteiger partial charge in [-0.05, 0) is 53.6 Å². The Hall–Kier alpha value is -3.64. The summed E-state index contributed by atoms with van der Waals surface area (Å²) in [5, 5.41) is 7.33. The molecular weight excluding hydrogens is 426 g/mol. The average Bonchev–Trinajstić information content (AvgIpc) is 3.35. The molecule has 0 unspecified atom stereocenters. The Bertz CT molecular complexity index is 1240. The standard InChI is InChI=1S/C25H20ClN3O3/c1-32-17-12-10-16(11-13-17)21-14-23(18-6-2-4-8-20(18)26)29(27-21)15-28-22-9-5-3-7-19(22)24(30)25(28)31/h2-13,23H,14-15H2,1H3/t23-/m1/s1. The molecule has 5 rings (SSSR count). The fourth-order valence-corrected chi connectivity index (χ4v) is 4.45. The number of amides is 1. The first-order valence-electron chi connectivity index (χ1n) is 10.2. The lowest BCUT2D eigenvalue weighted by Gasteiger charge is -2.29. The second kappa shape index (κ2) is 8.13. The molecule has 0 aromatic heterocycles. The van der Waals surface area contributed by atoms with Gasteiger partial charge in [0, 0.05) is 11.4 Å². The van der Waals surface area contributed by atoms with Gasteiger partial charge in [0.05, 0.1) is 30.1 Å². The molecule has 0 spiro atoms. The zero-order chi connectivity index (χ0) is 22.2. The second-order valence-corrected chi connectivity index (χ2v) is 8.08. The average molecular weight is 446 g/mol. The van der Waals surface area contributed by atoms with E-state index in [2.05, 4.69) is 0 Å². The third kappa shape index (κ3) is 3.42. The molecule has 0 bridgehead atoms. The number of fused-ring (bicyclic) bond motifs is 1. The van der Waals surface area contributed by atoms with E-state index in [-0.39, 0.29) is 12.7 Å². The largest absolute Gasteiger partial charge is 0.497 e. The summed E-state index contributed by atoms with van der Waals surface area (Å²) in [4.78, 5) is 26.7. The minimum atomic E-state index is -0.544. The molecule has 0 saturated carbocycles. The van der Waals surface area contributed by atoms with Crippen LogP contribution in [0.25, 0.3) is 0 Å². The number of carbonyl (C=O) groups is 2. The van der Waals surface area contributed by atoms with Gasteiger partial charge in [0.2, 0.25) is 0 Å². The number of nitrogens with zero attached hydrogens (tertiary/aromatic N) is 3. The van der Waals surface area contributed by atoms with Crippen LogP contribution in [0.5, 0.6) is 5.75 Å². The van der Waals surface area contributed by atoms with E-state index >= 15 is 0 Å². The predicted octanol–water partition coefficient (Wildman–Crippen LogP) is 4.69. The van der Waals surface area contributed by atoms with Crippen molar-refractivity contribution in [3.63, 3.8) is 0 Å². The minimum absolute atomic E-state index is 0.150. The summed E-state index contributed by atoms with van der Waals surface area (Å²) in [6, 6.07) is 22.2. The van der Waals surface area contributed by atoms with E-state index in [0.717, 1.165) is 22.6 Å². The highest BCUT2D eigenvalue weighted by molar-refractivity contribution is 6.52. The van der Waals surface area contributed by atoms with Gasteiger partial charge in [-0.3, -0.25) is 19.5 Å². The van der Waals surface area contributed by atoms with Gasteiger partial charge in [0.25, 0.3) is 5.78 Å². The van der Waals surface area contributed by atoms with Gasteiger partial charge in [-0.25, -0.2) is 0 Å². The number of Topliss-reactive ketones (excluding diaryl/α,β-unsaturated/α-hetero) is 1. The number of ketones is 1. The van der Waals surface area contributed by atoms with Gasteiger partial charge in [0.1, 0.15) is 12.4 Å². The molecule has 0 saturated heterocycles. The van der Waals surface area contributed by atoms with Crippen LogP contribution >= 0.6 is 11.6 Å². The molecule has 3 aromatic carbocycles. The van der Waals surface area contributed by atoms with Crippen molar-refractivity contribution in [1.82, 2.24) is 5.01 Å². The van der Waals surface area contributed by atoms with E-state index in [4.69, 9.17) is 21.4 Å². The number of hydrogen-bond acceptors (Lipinski definition) is 5. The van der Waals surface area contributed by atoms with Crippen LogP contribution in [0.1, 0.15) is 33.9 Å². The number of methoxy groups -OCH3 is 1. The third-order valence-electron chi connectivity index (χ3n) is 5.85. The van der Waals surface area contributed by atoms with Crippen LogP contribution in [0.4, 0.5) is 5.69 Å². The summed E-state index contributed by atoms with van der Waals surface area (Å²) in [5.41, 5.74) is 3.80. The first-order valence-corrected chi connectivity index (χ1v) is 10.6. The van der Waals surface area contributed by atoms with Crippen molar-refractivity contribution in [2.75, 3.05) is 18.7 Å². The molecule has 0 aliphatic carbocycles. The Labute approximate surface area is 190 Å². The number of carbonyl (C=O) groups excluding carboxylic acids is 2. The summed E-state index contributed by atoms with van der Waals surface area (Å²) < 4.78 is 5.26. The quantitative estimate of drug-likeness (QED) is 0.535. The van der Waals surface area contributed by atoms with Crippen LogP contribution < -0.4 is 9.64 Å². The number of hydrogen-bond donors (Lipinski definition) is 0. The molecule has 7 heteroatoms. The van der Waals surface area contributed by atoms with Crippen molar-refractivity contribution in [3.05, 3.63) is 94.5 Å². The fraction of sp³-hybridized carbons (Fsp3) is 0.160. The van der Waals surface area contributed by atoms with Gasteiger partial charge in [0.15, 0.2) is 0 Å². The lowest BCUT2D eigenvalue weighted by molar-refractivity contribution is -0.114. The van der Waals surface area contributed by atoms with Crippen molar-refractivity contribution in [2.45, 2.75) is 12.5 Å². The normalized spacial score (nSPS) is 17.6. The summed E-state index contributed by atoms with van der Waals surface area (Å²) >= 11 is 6.52. The number of ether oxygens (including phenoxy) is 1. The molecule has 160 valence electrons. The van der Waals surface area contributed by atoms with Gasteiger partial charge in [-0.2, -0.15) is 5.10 Å². The Morgan fingerprint density at radius 2 is 1.72 bits per heavy atom. The highest BCUT2D eigenvalue weighted by atomic mass is 35.5. The number of benzene rings is 3. The van der Waals surface area contributed by atoms with E-state index in [1.807, 2.05) is 59.6 Å². The van der Waals surface area contributed by atoms with Crippen molar-refractivity contribution in [1.29, 1.82) is 0 Å². The van der Waals surface area contributed by atoms with Crippen LogP contribution in [-0.2, 0) is 4.79 Å². The van der Waals surface area contributed by atoms with Gasteiger partial charge < -0.3 is 4.74 Å². The molecule has 2 aliphatic rings. The van der Waals surface area contributed by atoms with E-state index in [0.29, 0.717) is 22.7 Å². The van der Waals surface area contributed by atoms with Crippen LogP contribution in [0, 0.1) is 0 Å².